The molecule has 0 atom stereocenters. The minimum Gasteiger partial charge on any atom is -0.298 e. The molecule has 1 heterocycles. The number of nitrogens with zero attached hydrogens (tertiary/aromatic N) is 2. The van der Waals surface area contributed by atoms with Gasteiger partial charge in [0.2, 0.25) is 0 Å². The molecule has 5 nitrogen and oxygen atoms in total. The van der Waals surface area contributed by atoms with E-state index in [1.807, 2.05) is 66.7 Å². The van der Waals surface area contributed by atoms with Gasteiger partial charge in [-0.05, 0) is 45.1 Å². The molecular formula is C28H19N3O2. The molecular weight excluding hydrogens is 410 g/mol. The van der Waals surface area contributed by atoms with E-state index in [1.165, 1.54) is 4.90 Å². The number of fused-ring (bicyclic) bond motifs is 2. The maximum absolute atomic E-state index is 12.9. The fourth-order valence-electron chi connectivity index (χ4n) is 4.67. The Balaban J connectivity index is 1.27. The van der Waals surface area contributed by atoms with Gasteiger partial charge >= 0.3 is 0 Å². The third-order valence-electron chi connectivity index (χ3n) is 6.15. The zero-order valence-electron chi connectivity index (χ0n) is 17.7. The predicted octanol–water partition coefficient (Wildman–Crippen LogP) is 5.26. The molecule has 0 spiro atoms. The van der Waals surface area contributed by atoms with Crippen LogP contribution < -0.4 is 10.3 Å². The Kier molecular flexibility index (Phi) is 4.40. The van der Waals surface area contributed by atoms with Crippen LogP contribution in [0.5, 0.6) is 0 Å². The van der Waals surface area contributed by atoms with Crippen molar-refractivity contribution in [3.8, 4) is 0 Å². The van der Waals surface area contributed by atoms with Crippen LogP contribution in [0, 0.1) is 0 Å². The number of hydrazone groups is 1. The van der Waals surface area contributed by atoms with E-state index in [0.29, 0.717) is 5.56 Å². The SMILES string of the molecule is O=C(CN1C(=O)c2cccc3cccc1c23)N/N=C/c1c2ccccc2cc2ccccc12. The van der Waals surface area contributed by atoms with Crippen LogP contribution in [0.1, 0.15) is 15.9 Å². The topological polar surface area (TPSA) is 61.8 Å². The van der Waals surface area contributed by atoms with Crippen molar-refractivity contribution in [2.24, 2.45) is 5.10 Å². The normalized spacial score (nSPS) is 13.0. The number of benzene rings is 5. The summed E-state index contributed by atoms with van der Waals surface area (Å²) in [6, 6.07) is 29.7. The molecule has 1 N–H and O–H groups in total. The lowest BCUT2D eigenvalue weighted by atomic mass is 9.97. The zero-order valence-corrected chi connectivity index (χ0v) is 17.7. The quantitative estimate of drug-likeness (QED) is 0.241. The Morgan fingerprint density at radius 3 is 2.18 bits per heavy atom. The van der Waals surface area contributed by atoms with Crippen molar-refractivity contribution in [3.05, 3.63) is 102 Å². The van der Waals surface area contributed by atoms with Gasteiger partial charge in [0.15, 0.2) is 0 Å². The van der Waals surface area contributed by atoms with Gasteiger partial charge in [-0.2, -0.15) is 5.10 Å². The van der Waals surface area contributed by atoms with Gasteiger partial charge in [-0.15, -0.1) is 0 Å². The summed E-state index contributed by atoms with van der Waals surface area (Å²) in [7, 11) is 0. The lowest BCUT2D eigenvalue weighted by molar-refractivity contribution is -0.119. The molecule has 1 aliphatic heterocycles. The summed E-state index contributed by atoms with van der Waals surface area (Å²) >= 11 is 0. The van der Waals surface area contributed by atoms with Crippen molar-refractivity contribution >= 4 is 56.0 Å². The summed E-state index contributed by atoms with van der Waals surface area (Å²) in [5.74, 6) is -0.519. The van der Waals surface area contributed by atoms with E-state index < -0.39 is 0 Å². The molecule has 0 fully saturated rings. The van der Waals surface area contributed by atoms with Gasteiger partial charge in [0.1, 0.15) is 6.54 Å². The van der Waals surface area contributed by atoms with Crippen LogP contribution >= 0.6 is 0 Å². The van der Waals surface area contributed by atoms with Crippen LogP contribution in [-0.2, 0) is 4.79 Å². The highest BCUT2D eigenvalue weighted by molar-refractivity contribution is 6.26. The molecule has 1 aliphatic rings. The molecule has 33 heavy (non-hydrogen) atoms. The number of carbonyl (C=O) groups is 2. The Bertz CT molecular complexity index is 1560. The van der Waals surface area contributed by atoms with E-state index in [1.54, 1.807) is 12.3 Å². The summed E-state index contributed by atoms with van der Waals surface area (Å²) in [5, 5.41) is 10.5. The minimum atomic E-state index is -0.353. The highest BCUT2D eigenvalue weighted by Gasteiger charge is 2.30. The van der Waals surface area contributed by atoms with E-state index in [2.05, 4.69) is 28.7 Å². The third-order valence-corrected chi connectivity index (χ3v) is 6.15. The third kappa shape index (κ3) is 3.13. The maximum atomic E-state index is 12.9. The Hall–Kier alpha value is -4.51. The first-order valence-corrected chi connectivity index (χ1v) is 10.8. The number of rotatable bonds is 4. The second-order valence-electron chi connectivity index (χ2n) is 8.10. The fourth-order valence-corrected chi connectivity index (χ4v) is 4.67. The highest BCUT2D eigenvalue weighted by Crippen LogP contribution is 2.36. The second kappa shape index (κ2) is 7.57. The lowest BCUT2D eigenvalue weighted by Gasteiger charge is -2.16. The largest absolute Gasteiger partial charge is 0.298 e. The lowest BCUT2D eigenvalue weighted by Crippen LogP contribution is -2.37. The van der Waals surface area contributed by atoms with E-state index >= 15 is 0 Å². The van der Waals surface area contributed by atoms with Crippen LogP contribution in [-0.4, -0.2) is 24.6 Å². The smallest absolute Gasteiger partial charge is 0.260 e. The molecule has 5 aromatic rings. The van der Waals surface area contributed by atoms with Gasteiger partial charge in [0, 0.05) is 16.5 Å². The average molecular weight is 429 g/mol. The van der Waals surface area contributed by atoms with Gasteiger partial charge < -0.3 is 0 Å². The van der Waals surface area contributed by atoms with Gasteiger partial charge in [-0.25, -0.2) is 5.43 Å². The first-order chi connectivity index (χ1) is 16.2. The van der Waals surface area contributed by atoms with Crippen molar-refractivity contribution in [3.63, 3.8) is 0 Å². The number of hydrogen-bond acceptors (Lipinski definition) is 3. The number of anilines is 1. The van der Waals surface area contributed by atoms with Crippen LogP contribution in [0.25, 0.3) is 32.3 Å². The van der Waals surface area contributed by atoms with Gasteiger partial charge in [-0.1, -0.05) is 72.8 Å². The Labute approximate surface area is 189 Å². The summed E-state index contributed by atoms with van der Waals surface area (Å²) in [6.07, 6.45) is 1.68. The zero-order chi connectivity index (χ0) is 22.4. The van der Waals surface area contributed by atoms with Crippen LogP contribution in [0.15, 0.2) is 96.1 Å². The number of amides is 2. The van der Waals surface area contributed by atoms with E-state index in [0.717, 1.165) is 43.6 Å². The summed E-state index contributed by atoms with van der Waals surface area (Å²) in [5.41, 5.74) is 4.93. The molecule has 0 saturated heterocycles. The first-order valence-electron chi connectivity index (χ1n) is 10.8. The van der Waals surface area contributed by atoms with Crippen molar-refractivity contribution in [1.82, 2.24) is 5.43 Å². The minimum absolute atomic E-state index is 0.0970. The van der Waals surface area contributed by atoms with Crippen molar-refractivity contribution in [1.29, 1.82) is 0 Å². The van der Waals surface area contributed by atoms with Gasteiger partial charge in [0.05, 0.1) is 11.9 Å². The van der Waals surface area contributed by atoms with Crippen molar-refractivity contribution in [2.75, 3.05) is 11.4 Å². The highest BCUT2D eigenvalue weighted by atomic mass is 16.2. The second-order valence-corrected chi connectivity index (χ2v) is 8.10. The molecule has 0 aliphatic carbocycles. The molecule has 0 bridgehead atoms. The van der Waals surface area contributed by atoms with Crippen LogP contribution in [0.2, 0.25) is 0 Å². The van der Waals surface area contributed by atoms with E-state index in [9.17, 15) is 9.59 Å². The molecule has 5 aromatic carbocycles. The average Bonchev–Trinajstić information content (AvgIpc) is 3.11. The molecule has 0 unspecified atom stereocenters. The van der Waals surface area contributed by atoms with E-state index in [4.69, 9.17) is 0 Å². The van der Waals surface area contributed by atoms with Crippen LogP contribution in [0.3, 0.4) is 0 Å². The standard InChI is InChI=1S/C28H19N3O2/c32-26(17-31-25-14-6-10-18-9-5-13-23(27(18)25)28(31)33)30-29-16-24-21-11-3-1-7-19(21)15-20-8-2-4-12-22(20)24/h1-16H,17H2,(H,30,32)/b29-16+. The van der Waals surface area contributed by atoms with Gasteiger partial charge in [0.25, 0.3) is 11.8 Å². The Morgan fingerprint density at radius 2 is 1.45 bits per heavy atom. The fraction of sp³-hybridized carbons (Fsp3) is 0.0357. The molecule has 5 heteroatoms. The molecule has 158 valence electrons. The summed E-state index contributed by atoms with van der Waals surface area (Å²) in [4.78, 5) is 27.1. The number of carbonyl (C=O) groups excluding carboxylic acids is 2. The van der Waals surface area contributed by atoms with Crippen LogP contribution in [0.4, 0.5) is 5.69 Å². The number of hydrogen-bond donors (Lipinski definition) is 1. The monoisotopic (exact) mass is 429 g/mol. The maximum Gasteiger partial charge on any atom is 0.260 e. The summed E-state index contributed by atoms with van der Waals surface area (Å²) < 4.78 is 0. The van der Waals surface area contributed by atoms with Crippen molar-refractivity contribution < 1.29 is 9.59 Å². The Morgan fingerprint density at radius 1 is 0.818 bits per heavy atom. The molecule has 2 amide bonds. The first kappa shape index (κ1) is 19.2. The van der Waals surface area contributed by atoms with Gasteiger partial charge in [-0.3, -0.25) is 14.5 Å². The predicted molar refractivity (Wildman–Crippen MR) is 133 cm³/mol. The molecule has 6 rings (SSSR count). The molecule has 0 radical (unpaired) electrons. The number of nitrogens with one attached hydrogen (secondary N) is 1. The summed E-state index contributed by atoms with van der Waals surface area (Å²) in [6.45, 7) is -0.0970. The van der Waals surface area contributed by atoms with Crippen molar-refractivity contribution in [2.45, 2.75) is 0 Å². The van der Waals surface area contributed by atoms with E-state index in [-0.39, 0.29) is 18.4 Å². The molecule has 0 aromatic heterocycles. The molecule has 0 saturated carbocycles.